The fourth-order valence-corrected chi connectivity index (χ4v) is 4.61. The number of nitrogens with one attached hydrogen (secondary N) is 2. The van der Waals surface area contributed by atoms with E-state index in [1.807, 2.05) is 19.1 Å². The van der Waals surface area contributed by atoms with E-state index in [4.69, 9.17) is 4.74 Å². The molecule has 5 atom stereocenters. The second-order valence-corrected chi connectivity index (χ2v) is 6.94. The zero-order valence-electron chi connectivity index (χ0n) is 14.5. The molecule has 0 aromatic heterocycles. The van der Waals surface area contributed by atoms with Gasteiger partial charge in [-0.2, -0.15) is 0 Å². The van der Waals surface area contributed by atoms with Crippen LogP contribution in [0.1, 0.15) is 44.6 Å². The molecule has 1 aromatic rings. The summed E-state index contributed by atoms with van der Waals surface area (Å²) in [6.07, 6.45) is 2.49. The summed E-state index contributed by atoms with van der Waals surface area (Å²) in [6, 6.07) is 8.59. The van der Waals surface area contributed by atoms with Crippen LogP contribution in [0.15, 0.2) is 24.3 Å². The van der Waals surface area contributed by atoms with Crippen LogP contribution in [-0.2, 0) is 14.3 Å². The molecule has 1 aromatic carbocycles. The number of hydrogen-bond donors (Lipinski definition) is 2. The number of fused-ring (bicyclic) bond motifs is 3. The molecule has 0 spiro atoms. The average Bonchev–Trinajstić information content (AvgIpc) is 2.93. The van der Waals surface area contributed by atoms with Gasteiger partial charge < -0.3 is 15.4 Å². The van der Waals surface area contributed by atoms with E-state index < -0.39 is 0 Å². The number of esters is 1. The van der Waals surface area contributed by atoms with Gasteiger partial charge in [-0.1, -0.05) is 25.1 Å². The van der Waals surface area contributed by atoms with E-state index in [2.05, 4.69) is 22.8 Å². The second-order valence-electron chi connectivity index (χ2n) is 6.94. The summed E-state index contributed by atoms with van der Waals surface area (Å²) >= 11 is 0. The van der Waals surface area contributed by atoms with Gasteiger partial charge in [-0.05, 0) is 36.8 Å². The number of carbonyl (C=O) groups excluding carboxylic acids is 2. The van der Waals surface area contributed by atoms with Gasteiger partial charge in [0, 0.05) is 30.6 Å². The molecular weight excluding hydrogens is 304 g/mol. The van der Waals surface area contributed by atoms with Crippen molar-refractivity contribution in [1.29, 1.82) is 0 Å². The SMILES string of the molecule is CCC(C(=O)OC)C1CC(NC(C)=O)[C@H]2c3ccccc3N[C@H]2C1. The van der Waals surface area contributed by atoms with Crippen LogP contribution in [0, 0.1) is 11.8 Å². The van der Waals surface area contributed by atoms with Crippen LogP contribution >= 0.6 is 0 Å². The molecule has 1 aliphatic carbocycles. The van der Waals surface area contributed by atoms with Crippen LogP contribution in [-0.4, -0.2) is 31.1 Å². The van der Waals surface area contributed by atoms with E-state index in [1.54, 1.807) is 6.92 Å². The number of anilines is 1. The molecule has 1 heterocycles. The van der Waals surface area contributed by atoms with Gasteiger partial charge in [0.2, 0.25) is 5.91 Å². The summed E-state index contributed by atoms with van der Waals surface area (Å²) in [4.78, 5) is 23.9. The second kappa shape index (κ2) is 6.83. The Morgan fingerprint density at radius 2 is 2.08 bits per heavy atom. The topological polar surface area (TPSA) is 67.4 Å². The van der Waals surface area contributed by atoms with Gasteiger partial charge in [0.15, 0.2) is 0 Å². The zero-order valence-corrected chi connectivity index (χ0v) is 14.5. The lowest BCUT2D eigenvalue weighted by Crippen LogP contribution is -2.49. The first-order valence-electron chi connectivity index (χ1n) is 8.75. The molecule has 1 aliphatic heterocycles. The van der Waals surface area contributed by atoms with Gasteiger partial charge in [0.1, 0.15) is 0 Å². The summed E-state index contributed by atoms with van der Waals surface area (Å²) in [7, 11) is 1.45. The van der Waals surface area contributed by atoms with Crippen LogP contribution < -0.4 is 10.6 Å². The standard InChI is InChI=1S/C19H26N2O3/c1-4-13(19(23)24-3)12-9-16(20-11(2)22)18-14-7-5-6-8-15(14)21-17(18)10-12/h5-8,12-13,16-18,21H,4,9-10H2,1-3H3,(H,20,22)/t12?,13?,16?,17-,18+/m0/s1. The first-order valence-corrected chi connectivity index (χ1v) is 8.75. The minimum Gasteiger partial charge on any atom is -0.469 e. The van der Waals surface area contributed by atoms with Crippen molar-refractivity contribution in [2.24, 2.45) is 11.8 Å². The van der Waals surface area contributed by atoms with E-state index in [1.165, 1.54) is 12.7 Å². The van der Waals surface area contributed by atoms with Crippen molar-refractivity contribution in [3.8, 4) is 0 Å². The van der Waals surface area contributed by atoms with Gasteiger partial charge in [-0.15, -0.1) is 0 Å². The van der Waals surface area contributed by atoms with Crippen molar-refractivity contribution < 1.29 is 14.3 Å². The Bertz CT molecular complexity index is 631. The third-order valence-corrected chi connectivity index (χ3v) is 5.54. The first kappa shape index (κ1) is 16.8. The lowest BCUT2D eigenvalue weighted by molar-refractivity contribution is -0.148. The van der Waals surface area contributed by atoms with Crippen LogP contribution in [0.4, 0.5) is 5.69 Å². The molecule has 0 saturated heterocycles. The maximum absolute atomic E-state index is 12.2. The highest BCUT2D eigenvalue weighted by molar-refractivity contribution is 5.74. The molecule has 5 heteroatoms. The van der Waals surface area contributed by atoms with Crippen LogP contribution in [0.2, 0.25) is 0 Å². The normalized spacial score (nSPS) is 29.0. The summed E-state index contributed by atoms with van der Waals surface area (Å²) < 4.78 is 5.00. The lowest BCUT2D eigenvalue weighted by Gasteiger charge is -2.41. The highest BCUT2D eigenvalue weighted by Gasteiger charge is 2.46. The van der Waals surface area contributed by atoms with Crippen LogP contribution in [0.25, 0.3) is 0 Å². The lowest BCUT2D eigenvalue weighted by atomic mass is 9.69. The number of para-hydroxylation sites is 1. The Labute approximate surface area is 143 Å². The predicted molar refractivity (Wildman–Crippen MR) is 92.7 cm³/mol. The fraction of sp³-hybridized carbons (Fsp3) is 0.579. The molecule has 0 radical (unpaired) electrons. The molecule has 24 heavy (non-hydrogen) atoms. The smallest absolute Gasteiger partial charge is 0.308 e. The van der Waals surface area contributed by atoms with E-state index in [0.717, 1.165) is 24.9 Å². The molecule has 130 valence electrons. The minimum absolute atomic E-state index is 0.0186. The molecule has 1 fully saturated rings. The van der Waals surface area contributed by atoms with Crippen molar-refractivity contribution in [2.45, 2.75) is 51.1 Å². The maximum Gasteiger partial charge on any atom is 0.308 e. The summed E-state index contributed by atoms with van der Waals surface area (Å²) in [5, 5.41) is 6.73. The number of benzene rings is 1. The number of rotatable bonds is 4. The number of amides is 1. The van der Waals surface area contributed by atoms with Crippen molar-refractivity contribution in [3.05, 3.63) is 29.8 Å². The Balaban J connectivity index is 1.88. The van der Waals surface area contributed by atoms with Crippen molar-refractivity contribution in [3.63, 3.8) is 0 Å². The van der Waals surface area contributed by atoms with Gasteiger partial charge >= 0.3 is 5.97 Å². The summed E-state index contributed by atoms with van der Waals surface area (Å²) in [5.41, 5.74) is 2.42. The van der Waals surface area contributed by atoms with Crippen LogP contribution in [0.3, 0.4) is 0 Å². The molecule has 2 aliphatic rings. The largest absolute Gasteiger partial charge is 0.469 e. The van der Waals surface area contributed by atoms with Gasteiger partial charge in [-0.25, -0.2) is 0 Å². The fourth-order valence-electron chi connectivity index (χ4n) is 4.61. The average molecular weight is 330 g/mol. The molecule has 3 rings (SSSR count). The Kier molecular flexibility index (Phi) is 4.78. The Morgan fingerprint density at radius 1 is 1.33 bits per heavy atom. The number of hydrogen-bond acceptors (Lipinski definition) is 4. The quantitative estimate of drug-likeness (QED) is 0.833. The molecule has 0 bridgehead atoms. The molecule has 1 amide bonds. The Morgan fingerprint density at radius 3 is 2.75 bits per heavy atom. The molecule has 2 N–H and O–H groups in total. The minimum atomic E-state index is -0.141. The van der Waals surface area contributed by atoms with Crippen LogP contribution in [0.5, 0.6) is 0 Å². The number of ether oxygens (including phenoxy) is 1. The van der Waals surface area contributed by atoms with Gasteiger partial charge in [0.25, 0.3) is 0 Å². The maximum atomic E-state index is 12.2. The molecule has 5 nitrogen and oxygen atoms in total. The van der Waals surface area contributed by atoms with Crippen molar-refractivity contribution in [1.82, 2.24) is 5.32 Å². The van der Waals surface area contributed by atoms with E-state index in [0.29, 0.717) is 0 Å². The third kappa shape index (κ3) is 2.99. The molecule has 3 unspecified atom stereocenters. The number of methoxy groups -OCH3 is 1. The predicted octanol–water partition coefficient (Wildman–Crippen LogP) is 2.68. The highest BCUT2D eigenvalue weighted by Crippen LogP contribution is 2.47. The van der Waals surface area contributed by atoms with E-state index in [9.17, 15) is 9.59 Å². The zero-order chi connectivity index (χ0) is 17.3. The van der Waals surface area contributed by atoms with Crippen molar-refractivity contribution >= 4 is 17.6 Å². The van der Waals surface area contributed by atoms with Gasteiger partial charge in [-0.3, -0.25) is 9.59 Å². The van der Waals surface area contributed by atoms with Gasteiger partial charge in [0.05, 0.1) is 13.0 Å². The highest BCUT2D eigenvalue weighted by atomic mass is 16.5. The first-order chi connectivity index (χ1) is 11.5. The number of carbonyl (C=O) groups is 2. The summed E-state index contributed by atoms with van der Waals surface area (Å²) in [6.45, 7) is 3.59. The molecular formula is C19H26N2O3. The summed E-state index contributed by atoms with van der Waals surface area (Å²) in [5.74, 6) is 0.199. The molecule has 1 saturated carbocycles. The third-order valence-electron chi connectivity index (χ3n) is 5.54. The van der Waals surface area contributed by atoms with E-state index in [-0.39, 0.29) is 41.7 Å². The Hall–Kier alpha value is -2.04. The van der Waals surface area contributed by atoms with E-state index >= 15 is 0 Å². The van der Waals surface area contributed by atoms with Crippen molar-refractivity contribution in [2.75, 3.05) is 12.4 Å². The monoisotopic (exact) mass is 330 g/mol.